The van der Waals surface area contributed by atoms with Crippen molar-refractivity contribution in [2.75, 3.05) is 19.6 Å². The van der Waals surface area contributed by atoms with Gasteiger partial charge in [-0.15, -0.1) is 0 Å². The van der Waals surface area contributed by atoms with Gasteiger partial charge in [0.1, 0.15) is 5.75 Å². The first-order valence-electron chi connectivity index (χ1n) is 8.55. The van der Waals surface area contributed by atoms with Crippen LogP contribution in [0.4, 0.5) is 0 Å². The molecular formula is C19H26N2O3. The van der Waals surface area contributed by atoms with Gasteiger partial charge >= 0.3 is 0 Å². The van der Waals surface area contributed by atoms with Gasteiger partial charge < -0.3 is 15.0 Å². The van der Waals surface area contributed by atoms with Gasteiger partial charge in [-0.3, -0.25) is 9.59 Å². The van der Waals surface area contributed by atoms with E-state index in [1.165, 1.54) is 6.08 Å². The number of benzene rings is 1. The summed E-state index contributed by atoms with van der Waals surface area (Å²) >= 11 is 0. The van der Waals surface area contributed by atoms with E-state index in [4.69, 9.17) is 4.74 Å². The van der Waals surface area contributed by atoms with Crippen LogP contribution in [0.2, 0.25) is 0 Å². The first kappa shape index (κ1) is 18.0. The molecule has 0 atom stereocenters. The second-order valence-electron chi connectivity index (χ2n) is 6.20. The summed E-state index contributed by atoms with van der Waals surface area (Å²) in [6.07, 6.45) is 5.86. The van der Waals surface area contributed by atoms with Crippen molar-refractivity contribution < 1.29 is 14.3 Å². The number of hydrogen-bond donors (Lipinski definition) is 1. The Morgan fingerprint density at radius 2 is 2.04 bits per heavy atom. The van der Waals surface area contributed by atoms with Gasteiger partial charge in [-0.05, 0) is 50.5 Å². The van der Waals surface area contributed by atoms with E-state index in [1.54, 1.807) is 6.08 Å². The van der Waals surface area contributed by atoms with Crippen molar-refractivity contribution in [1.82, 2.24) is 10.2 Å². The lowest BCUT2D eigenvalue weighted by molar-refractivity contribution is -0.130. The van der Waals surface area contributed by atoms with Gasteiger partial charge in [-0.25, -0.2) is 0 Å². The maximum absolute atomic E-state index is 11.9. The molecule has 0 spiro atoms. The zero-order valence-corrected chi connectivity index (χ0v) is 14.5. The number of carbonyl (C=O) groups is 2. The third-order valence-electron chi connectivity index (χ3n) is 3.75. The molecule has 1 aromatic rings. The molecule has 5 nitrogen and oxygen atoms in total. The maximum Gasteiger partial charge on any atom is 0.244 e. The fourth-order valence-electron chi connectivity index (χ4n) is 2.61. The summed E-state index contributed by atoms with van der Waals surface area (Å²) in [4.78, 5) is 25.6. The SMILES string of the molecule is CC(C)Oc1cccc(C=CC(=O)NCCC(=O)N2CCCC2)c1. The van der Waals surface area contributed by atoms with Crippen molar-refractivity contribution in [1.29, 1.82) is 0 Å². The van der Waals surface area contributed by atoms with Gasteiger partial charge in [0.2, 0.25) is 11.8 Å². The lowest BCUT2D eigenvalue weighted by atomic mass is 10.2. The quantitative estimate of drug-likeness (QED) is 0.782. The Bertz CT molecular complexity index is 590. The monoisotopic (exact) mass is 330 g/mol. The zero-order chi connectivity index (χ0) is 17.4. The highest BCUT2D eigenvalue weighted by molar-refractivity contribution is 5.92. The minimum absolute atomic E-state index is 0.112. The normalized spacial score (nSPS) is 14.4. The lowest BCUT2D eigenvalue weighted by Crippen LogP contribution is -2.32. The highest BCUT2D eigenvalue weighted by atomic mass is 16.5. The largest absolute Gasteiger partial charge is 0.491 e. The highest BCUT2D eigenvalue weighted by Gasteiger charge is 2.17. The third-order valence-corrected chi connectivity index (χ3v) is 3.75. The molecule has 2 rings (SSSR count). The molecule has 24 heavy (non-hydrogen) atoms. The molecule has 5 heteroatoms. The third kappa shape index (κ3) is 6.07. The Balaban J connectivity index is 1.75. The standard InChI is InChI=1S/C19H26N2O3/c1-15(2)24-17-7-5-6-16(14-17)8-9-18(22)20-11-10-19(23)21-12-3-4-13-21/h5-9,14-15H,3-4,10-13H2,1-2H3,(H,20,22). The second kappa shape index (κ2) is 9.11. The number of nitrogens with zero attached hydrogens (tertiary/aromatic N) is 1. The minimum Gasteiger partial charge on any atom is -0.491 e. The summed E-state index contributed by atoms with van der Waals surface area (Å²) in [6.45, 7) is 6.01. The molecule has 0 aliphatic carbocycles. The van der Waals surface area contributed by atoms with E-state index in [0.717, 1.165) is 37.2 Å². The average molecular weight is 330 g/mol. The van der Waals surface area contributed by atoms with Crippen molar-refractivity contribution in [3.8, 4) is 5.75 Å². The molecule has 0 aromatic heterocycles. The predicted octanol–water partition coefficient (Wildman–Crippen LogP) is 2.62. The van der Waals surface area contributed by atoms with Gasteiger partial charge in [-0.1, -0.05) is 12.1 Å². The van der Waals surface area contributed by atoms with Crippen molar-refractivity contribution in [2.24, 2.45) is 0 Å². The van der Waals surface area contributed by atoms with E-state index < -0.39 is 0 Å². The fraction of sp³-hybridized carbons (Fsp3) is 0.474. The molecule has 130 valence electrons. The topological polar surface area (TPSA) is 58.6 Å². The minimum atomic E-state index is -0.195. The molecule has 2 amide bonds. The zero-order valence-electron chi connectivity index (χ0n) is 14.5. The van der Waals surface area contributed by atoms with E-state index in [9.17, 15) is 9.59 Å². The Hall–Kier alpha value is -2.30. The second-order valence-corrected chi connectivity index (χ2v) is 6.20. The number of carbonyl (C=O) groups excluding carboxylic acids is 2. The Kier molecular flexibility index (Phi) is 6.85. The summed E-state index contributed by atoms with van der Waals surface area (Å²) in [5.41, 5.74) is 0.899. The number of ether oxygens (including phenoxy) is 1. The van der Waals surface area contributed by atoms with Crippen molar-refractivity contribution in [2.45, 2.75) is 39.2 Å². The first-order valence-corrected chi connectivity index (χ1v) is 8.55. The Morgan fingerprint density at radius 3 is 2.75 bits per heavy atom. The molecule has 1 saturated heterocycles. The summed E-state index contributed by atoms with van der Waals surface area (Å²) in [5.74, 6) is 0.707. The number of rotatable bonds is 7. The molecule has 0 radical (unpaired) electrons. The summed E-state index contributed by atoms with van der Waals surface area (Å²) in [6, 6.07) is 7.58. The van der Waals surface area contributed by atoms with Gasteiger partial charge in [0.15, 0.2) is 0 Å². The van der Waals surface area contributed by atoms with Crippen LogP contribution in [0.1, 0.15) is 38.7 Å². The molecule has 0 saturated carbocycles. The highest BCUT2D eigenvalue weighted by Crippen LogP contribution is 2.15. The van der Waals surface area contributed by atoms with E-state index in [1.807, 2.05) is 43.0 Å². The fourth-order valence-corrected chi connectivity index (χ4v) is 2.61. The number of likely N-dealkylation sites (tertiary alicyclic amines) is 1. The summed E-state index contributed by atoms with van der Waals surface area (Å²) < 4.78 is 5.63. The van der Waals surface area contributed by atoms with Crippen LogP contribution in [0.15, 0.2) is 30.3 Å². The van der Waals surface area contributed by atoms with Crippen LogP contribution in [0.25, 0.3) is 6.08 Å². The van der Waals surface area contributed by atoms with Crippen LogP contribution >= 0.6 is 0 Å². The van der Waals surface area contributed by atoms with E-state index in [-0.39, 0.29) is 17.9 Å². The van der Waals surface area contributed by atoms with Crippen LogP contribution in [0.3, 0.4) is 0 Å². The average Bonchev–Trinajstić information content (AvgIpc) is 3.07. The van der Waals surface area contributed by atoms with Crippen LogP contribution in [-0.4, -0.2) is 42.5 Å². The van der Waals surface area contributed by atoms with Gasteiger partial charge in [0.25, 0.3) is 0 Å². The van der Waals surface area contributed by atoms with E-state index in [2.05, 4.69) is 5.32 Å². The van der Waals surface area contributed by atoms with E-state index >= 15 is 0 Å². The molecule has 1 heterocycles. The predicted molar refractivity (Wildman–Crippen MR) is 94.7 cm³/mol. The first-order chi connectivity index (χ1) is 11.5. The summed E-state index contributed by atoms with van der Waals surface area (Å²) in [5, 5.41) is 2.75. The molecule has 0 unspecified atom stereocenters. The molecule has 0 bridgehead atoms. The maximum atomic E-state index is 11.9. The lowest BCUT2D eigenvalue weighted by Gasteiger charge is -2.14. The van der Waals surface area contributed by atoms with Crippen LogP contribution < -0.4 is 10.1 Å². The molecule has 1 aliphatic rings. The van der Waals surface area contributed by atoms with E-state index in [0.29, 0.717) is 13.0 Å². The number of nitrogens with one attached hydrogen (secondary N) is 1. The number of hydrogen-bond acceptors (Lipinski definition) is 3. The molecule has 1 N–H and O–H groups in total. The molecule has 1 aromatic carbocycles. The smallest absolute Gasteiger partial charge is 0.244 e. The van der Waals surface area contributed by atoms with Gasteiger partial charge in [-0.2, -0.15) is 0 Å². The molecular weight excluding hydrogens is 304 g/mol. The van der Waals surface area contributed by atoms with Crippen LogP contribution in [-0.2, 0) is 9.59 Å². The van der Waals surface area contributed by atoms with Crippen LogP contribution in [0.5, 0.6) is 5.75 Å². The van der Waals surface area contributed by atoms with Crippen molar-refractivity contribution in [3.05, 3.63) is 35.9 Å². The van der Waals surface area contributed by atoms with Crippen molar-refractivity contribution in [3.63, 3.8) is 0 Å². The van der Waals surface area contributed by atoms with Crippen LogP contribution in [0, 0.1) is 0 Å². The van der Waals surface area contributed by atoms with Gasteiger partial charge in [0.05, 0.1) is 6.10 Å². The van der Waals surface area contributed by atoms with Gasteiger partial charge in [0, 0.05) is 32.1 Å². The molecule has 1 fully saturated rings. The summed E-state index contributed by atoms with van der Waals surface area (Å²) in [7, 11) is 0. The van der Waals surface area contributed by atoms with Crippen molar-refractivity contribution >= 4 is 17.9 Å². The molecule has 1 aliphatic heterocycles. The number of amides is 2. The Labute approximate surface area is 143 Å². The Morgan fingerprint density at radius 1 is 1.29 bits per heavy atom.